The summed E-state index contributed by atoms with van der Waals surface area (Å²) < 4.78 is 0. The number of hydrogen-bond donors (Lipinski definition) is 1. The Labute approximate surface area is 102 Å². The minimum atomic E-state index is 0.409. The summed E-state index contributed by atoms with van der Waals surface area (Å²) in [5, 5.41) is 2.12. The van der Waals surface area contributed by atoms with Crippen LogP contribution in [0.2, 0.25) is 0 Å². The zero-order chi connectivity index (χ0) is 11.4. The minimum Gasteiger partial charge on any atom is -0.327 e. The molecule has 1 saturated carbocycles. The van der Waals surface area contributed by atoms with Crippen LogP contribution in [0.1, 0.15) is 31.4 Å². The molecule has 0 radical (unpaired) electrons. The van der Waals surface area contributed by atoms with Crippen molar-refractivity contribution < 1.29 is 0 Å². The standard InChI is InChI=1S/C12H21N3S/c1-15(7-11-8-16-9-14-11)6-10-4-2-3-5-12(10)13/h8-10,12H,2-7,13H2,1H3. The molecule has 0 aromatic carbocycles. The number of hydrogen-bond acceptors (Lipinski definition) is 4. The van der Waals surface area contributed by atoms with Crippen LogP contribution in [0.25, 0.3) is 0 Å². The Hall–Kier alpha value is -0.450. The van der Waals surface area contributed by atoms with Gasteiger partial charge in [-0.1, -0.05) is 12.8 Å². The Morgan fingerprint density at radius 2 is 2.31 bits per heavy atom. The molecule has 0 bridgehead atoms. The van der Waals surface area contributed by atoms with Gasteiger partial charge in [-0.15, -0.1) is 11.3 Å². The molecule has 2 unspecified atom stereocenters. The monoisotopic (exact) mass is 239 g/mol. The van der Waals surface area contributed by atoms with Crippen molar-refractivity contribution >= 4 is 11.3 Å². The van der Waals surface area contributed by atoms with Crippen molar-refractivity contribution in [3.05, 3.63) is 16.6 Å². The van der Waals surface area contributed by atoms with Crippen LogP contribution >= 0.6 is 11.3 Å². The molecule has 1 aromatic heterocycles. The van der Waals surface area contributed by atoms with Crippen LogP contribution in [0.4, 0.5) is 0 Å². The third-order valence-electron chi connectivity index (χ3n) is 3.43. The summed E-state index contributed by atoms with van der Waals surface area (Å²) in [5.41, 5.74) is 9.24. The molecule has 2 rings (SSSR count). The fourth-order valence-corrected chi connectivity index (χ4v) is 3.07. The summed E-state index contributed by atoms with van der Waals surface area (Å²) in [5.74, 6) is 0.678. The Kier molecular flexibility index (Phi) is 4.32. The van der Waals surface area contributed by atoms with Crippen LogP contribution in [0, 0.1) is 5.92 Å². The van der Waals surface area contributed by atoms with E-state index in [9.17, 15) is 0 Å². The van der Waals surface area contributed by atoms with E-state index in [1.165, 1.54) is 31.4 Å². The molecule has 0 spiro atoms. The molecule has 4 heteroatoms. The second-order valence-electron chi connectivity index (χ2n) is 4.88. The molecular weight excluding hydrogens is 218 g/mol. The summed E-state index contributed by atoms with van der Waals surface area (Å²) in [4.78, 5) is 6.67. The van der Waals surface area contributed by atoms with Crippen molar-refractivity contribution in [1.29, 1.82) is 0 Å². The van der Waals surface area contributed by atoms with E-state index in [0.29, 0.717) is 12.0 Å². The number of nitrogens with two attached hydrogens (primary N) is 1. The van der Waals surface area contributed by atoms with Crippen LogP contribution in [-0.4, -0.2) is 29.5 Å². The Morgan fingerprint density at radius 1 is 1.50 bits per heavy atom. The molecule has 1 aromatic rings. The quantitative estimate of drug-likeness (QED) is 0.875. The SMILES string of the molecule is CN(Cc1cscn1)CC1CCCCC1N. The zero-order valence-corrected chi connectivity index (χ0v) is 10.7. The van der Waals surface area contributed by atoms with Gasteiger partial charge in [0.2, 0.25) is 0 Å². The lowest BCUT2D eigenvalue weighted by molar-refractivity contribution is 0.205. The first-order valence-corrected chi connectivity index (χ1v) is 7.01. The fourth-order valence-electron chi connectivity index (χ4n) is 2.52. The van der Waals surface area contributed by atoms with E-state index in [1.807, 2.05) is 5.51 Å². The summed E-state index contributed by atoms with van der Waals surface area (Å²) in [6.07, 6.45) is 5.16. The molecule has 1 heterocycles. The van der Waals surface area contributed by atoms with Crippen LogP contribution in [0.3, 0.4) is 0 Å². The van der Waals surface area contributed by atoms with Crippen LogP contribution in [0.15, 0.2) is 10.9 Å². The van der Waals surface area contributed by atoms with E-state index < -0.39 is 0 Å². The molecular formula is C12H21N3S. The normalized spacial score (nSPS) is 26.2. The van der Waals surface area contributed by atoms with E-state index in [4.69, 9.17) is 5.73 Å². The van der Waals surface area contributed by atoms with Gasteiger partial charge in [0.15, 0.2) is 0 Å². The number of rotatable bonds is 4. The smallest absolute Gasteiger partial charge is 0.0795 e. The maximum atomic E-state index is 6.16. The third-order valence-corrected chi connectivity index (χ3v) is 4.06. The van der Waals surface area contributed by atoms with Gasteiger partial charge in [0.1, 0.15) is 0 Å². The van der Waals surface area contributed by atoms with Crippen molar-refractivity contribution in [2.75, 3.05) is 13.6 Å². The molecule has 90 valence electrons. The molecule has 0 saturated heterocycles. The molecule has 1 fully saturated rings. The topological polar surface area (TPSA) is 42.2 Å². The lowest BCUT2D eigenvalue weighted by Gasteiger charge is -2.31. The van der Waals surface area contributed by atoms with Crippen molar-refractivity contribution in [3.63, 3.8) is 0 Å². The summed E-state index contributed by atoms with van der Waals surface area (Å²) in [6, 6.07) is 0.409. The highest BCUT2D eigenvalue weighted by Crippen LogP contribution is 2.23. The average molecular weight is 239 g/mol. The van der Waals surface area contributed by atoms with E-state index >= 15 is 0 Å². The molecule has 3 nitrogen and oxygen atoms in total. The predicted octanol–water partition coefficient (Wildman–Crippen LogP) is 2.09. The first-order chi connectivity index (χ1) is 7.75. The largest absolute Gasteiger partial charge is 0.327 e. The van der Waals surface area contributed by atoms with Gasteiger partial charge in [-0.3, -0.25) is 0 Å². The van der Waals surface area contributed by atoms with Gasteiger partial charge in [0.05, 0.1) is 11.2 Å². The van der Waals surface area contributed by atoms with Crippen LogP contribution in [0.5, 0.6) is 0 Å². The van der Waals surface area contributed by atoms with Crippen molar-refractivity contribution in [2.45, 2.75) is 38.3 Å². The number of aromatic nitrogens is 1. The fraction of sp³-hybridized carbons (Fsp3) is 0.750. The molecule has 16 heavy (non-hydrogen) atoms. The summed E-state index contributed by atoms with van der Waals surface area (Å²) in [7, 11) is 2.17. The zero-order valence-electron chi connectivity index (χ0n) is 9.93. The van der Waals surface area contributed by atoms with Crippen molar-refractivity contribution in [3.8, 4) is 0 Å². The Balaban J connectivity index is 1.79. The van der Waals surface area contributed by atoms with E-state index in [-0.39, 0.29) is 0 Å². The summed E-state index contributed by atoms with van der Waals surface area (Å²) >= 11 is 1.67. The second kappa shape index (κ2) is 5.75. The minimum absolute atomic E-state index is 0.409. The highest BCUT2D eigenvalue weighted by molar-refractivity contribution is 7.07. The van der Waals surface area contributed by atoms with Gasteiger partial charge in [0.25, 0.3) is 0 Å². The maximum Gasteiger partial charge on any atom is 0.0795 e. The highest BCUT2D eigenvalue weighted by Gasteiger charge is 2.22. The van der Waals surface area contributed by atoms with E-state index in [0.717, 1.165) is 13.1 Å². The van der Waals surface area contributed by atoms with Crippen molar-refractivity contribution in [2.24, 2.45) is 11.7 Å². The Bertz CT molecular complexity index is 299. The van der Waals surface area contributed by atoms with E-state index in [1.54, 1.807) is 11.3 Å². The summed E-state index contributed by atoms with van der Waals surface area (Å²) in [6.45, 7) is 2.06. The molecule has 2 N–H and O–H groups in total. The molecule has 0 aliphatic heterocycles. The van der Waals surface area contributed by atoms with Crippen molar-refractivity contribution in [1.82, 2.24) is 9.88 Å². The van der Waals surface area contributed by atoms with Gasteiger partial charge < -0.3 is 10.6 Å². The first-order valence-electron chi connectivity index (χ1n) is 6.07. The maximum absolute atomic E-state index is 6.16. The average Bonchev–Trinajstić information content (AvgIpc) is 2.74. The van der Waals surface area contributed by atoms with Gasteiger partial charge in [-0.2, -0.15) is 0 Å². The van der Waals surface area contributed by atoms with Gasteiger partial charge in [0, 0.05) is 24.5 Å². The molecule has 2 atom stereocenters. The number of nitrogens with zero attached hydrogens (tertiary/aromatic N) is 2. The van der Waals surface area contributed by atoms with Crippen LogP contribution in [-0.2, 0) is 6.54 Å². The van der Waals surface area contributed by atoms with Crippen LogP contribution < -0.4 is 5.73 Å². The molecule has 1 aliphatic rings. The number of thiazole rings is 1. The lowest BCUT2D eigenvalue weighted by Crippen LogP contribution is -2.39. The first kappa shape index (κ1) is 12.0. The highest BCUT2D eigenvalue weighted by atomic mass is 32.1. The molecule has 0 amide bonds. The van der Waals surface area contributed by atoms with Gasteiger partial charge in [-0.05, 0) is 25.8 Å². The van der Waals surface area contributed by atoms with Gasteiger partial charge >= 0.3 is 0 Å². The Morgan fingerprint density at radius 3 is 3.00 bits per heavy atom. The third kappa shape index (κ3) is 3.27. The van der Waals surface area contributed by atoms with E-state index in [2.05, 4.69) is 22.3 Å². The molecule has 1 aliphatic carbocycles. The lowest BCUT2D eigenvalue weighted by atomic mass is 9.85. The second-order valence-corrected chi connectivity index (χ2v) is 5.60. The van der Waals surface area contributed by atoms with Gasteiger partial charge in [-0.25, -0.2) is 4.98 Å². The predicted molar refractivity (Wildman–Crippen MR) is 68.4 cm³/mol.